The van der Waals surface area contributed by atoms with E-state index in [0.717, 1.165) is 52.1 Å². The monoisotopic (exact) mass is 281 g/mol. The van der Waals surface area contributed by atoms with Crippen molar-refractivity contribution in [3.63, 3.8) is 0 Å². The Morgan fingerprint density at radius 1 is 1.05 bits per heavy atom. The molecule has 114 valence electrons. The van der Waals surface area contributed by atoms with Gasteiger partial charge in [-0.05, 0) is 18.8 Å². The Bertz CT molecular complexity index is 343. The number of piperazine rings is 1. The van der Waals surface area contributed by atoms with Crippen LogP contribution in [0.1, 0.15) is 33.1 Å². The fourth-order valence-corrected chi connectivity index (χ4v) is 3.01. The first-order chi connectivity index (χ1) is 9.58. The summed E-state index contributed by atoms with van der Waals surface area (Å²) in [6, 6.07) is 0. The van der Waals surface area contributed by atoms with E-state index in [9.17, 15) is 9.59 Å². The van der Waals surface area contributed by atoms with Crippen LogP contribution in [0.5, 0.6) is 0 Å². The lowest BCUT2D eigenvalue weighted by atomic mass is 9.92. The van der Waals surface area contributed by atoms with Crippen molar-refractivity contribution in [1.82, 2.24) is 15.1 Å². The highest BCUT2D eigenvalue weighted by molar-refractivity contribution is 5.78. The number of carbonyl (C=O) groups is 2. The Morgan fingerprint density at radius 2 is 1.65 bits per heavy atom. The van der Waals surface area contributed by atoms with E-state index in [-0.39, 0.29) is 11.8 Å². The molecule has 2 aliphatic rings. The molecule has 0 unspecified atom stereocenters. The Labute approximate surface area is 121 Å². The summed E-state index contributed by atoms with van der Waals surface area (Å²) in [6.45, 7) is 9.02. The molecule has 2 rings (SSSR count). The van der Waals surface area contributed by atoms with E-state index in [1.54, 1.807) is 0 Å². The highest BCUT2D eigenvalue weighted by atomic mass is 16.2. The van der Waals surface area contributed by atoms with Crippen LogP contribution in [0.4, 0.5) is 0 Å². The van der Waals surface area contributed by atoms with E-state index in [0.29, 0.717) is 18.2 Å². The molecule has 0 spiro atoms. The van der Waals surface area contributed by atoms with Crippen molar-refractivity contribution in [3.8, 4) is 0 Å². The Balaban J connectivity index is 1.73. The highest BCUT2D eigenvalue weighted by Gasteiger charge is 2.27. The summed E-state index contributed by atoms with van der Waals surface area (Å²) in [4.78, 5) is 28.1. The van der Waals surface area contributed by atoms with E-state index in [4.69, 9.17) is 0 Å². The largest absolute Gasteiger partial charge is 0.342 e. The summed E-state index contributed by atoms with van der Waals surface area (Å²) in [7, 11) is 0. The standard InChI is InChI=1S/C15H27N3O2/c1-12(2)15(20)18-7-3-13(4-8-18)11-14(19)17-9-5-16-6-10-17/h12-13,16H,3-11H2,1-2H3. The Kier molecular flexibility index (Phi) is 5.40. The molecule has 2 saturated heterocycles. The van der Waals surface area contributed by atoms with Gasteiger partial charge in [-0.25, -0.2) is 0 Å². The summed E-state index contributed by atoms with van der Waals surface area (Å²) >= 11 is 0. The lowest BCUT2D eigenvalue weighted by Crippen LogP contribution is -2.47. The molecule has 0 saturated carbocycles. The van der Waals surface area contributed by atoms with Crippen LogP contribution in [0.3, 0.4) is 0 Å². The third-order valence-electron chi connectivity index (χ3n) is 4.35. The quantitative estimate of drug-likeness (QED) is 0.828. The van der Waals surface area contributed by atoms with E-state index >= 15 is 0 Å². The van der Waals surface area contributed by atoms with Gasteiger partial charge in [0.15, 0.2) is 0 Å². The van der Waals surface area contributed by atoms with Crippen LogP contribution in [0, 0.1) is 11.8 Å². The number of amides is 2. The van der Waals surface area contributed by atoms with Gasteiger partial charge in [-0.3, -0.25) is 9.59 Å². The molecule has 1 N–H and O–H groups in total. The van der Waals surface area contributed by atoms with Gasteiger partial charge in [0.2, 0.25) is 11.8 Å². The molecule has 2 fully saturated rings. The first-order valence-corrected chi connectivity index (χ1v) is 7.85. The van der Waals surface area contributed by atoms with Crippen LogP contribution in [0.15, 0.2) is 0 Å². The Hall–Kier alpha value is -1.10. The van der Waals surface area contributed by atoms with E-state index in [2.05, 4.69) is 5.32 Å². The number of piperidine rings is 1. The molecule has 5 nitrogen and oxygen atoms in total. The molecule has 0 aliphatic carbocycles. The van der Waals surface area contributed by atoms with Crippen LogP contribution < -0.4 is 5.32 Å². The normalized spacial score (nSPS) is 21.4. The van der Waals surface area contributed by atoms with Crippen molar-refractivity contribution in [2.75, 3.05) is 39.3 Å². The molecule has 0 bridgehead atoms. The second kappa shape index (κ2) is 7.07. The summed E-state index contributed by atoms with van der Waals surface area (Å²) in [5.41, 5.74) is 0. The van der Waals surface area contributed by atoms with Gasteiger partial charge < -0.3 is 15.1 Å². The van der Waals surface area contributed by atoms with Crippen LogP contribution in [-0.2, 0) is 9.59 Å². The van der Waals surface area contributed by atoms with E-state index < -0.39 is 0 Å². The predicted molar refractivity (Wildman–Crippen MR) is 78.2 cm³/mol. The zero-order valence-electron chi connectivity index (χ0n) is 12.7. The van der Waals surface area contributed by atoms with Gasteiger partial charge in [0.25, 0.3) is 0 Å². The zero-order chi connectivity index (χ0) is 14.5. The molecule has 20 heavy (non-hydrogen) atoms. The number of likely N-dealkylation sites (tertiary alicyclic amines) is 1. The molecule has 0 atom stereocenters. The number of hydrogen-bond donors (Lipinski definition) is 1. The fourth-order valence-electron chi connectivity index (χ4n) is 3.01. The molecule has 0 radical (unpaired) electrons. The minimum atomic E-state index is 0.0778. The van der Waals surface area contributed by atoms with Crippen LogP contribution >= 0.6 is 0 Å². The van der Waals surface area contributed by atoms with E-state index in [1.807, 2.05) is 23.6 Å². The van der Waals surface area contributed by atoms with Crippen molar-refractivity contribution in [2.24, 2.45) is 11.8 Å². The number of nitrogens with zero attached hydrogens (tertiary/aromatic N) is 2. The molecule has 5 heteroatoms. The average molecular weight is 281 g/mol. The number of rotatable bonds is 3. The first-order valence-electron chi connectivity index (χ1n) is 7.85. The third kappa shape index (κ3) is 3.95. The summed E-state index contributed by atoms with van der Waals surface area (Å²) in [6.07, 6.45) is 2.59. The molecular formula is C15H27N3O2. The average Bonchev–Trinajstić information content (AvgIpc) is 2.48. The lowest BCUT2D eigenvalue weighted by Gasteiger charge is -2.34. The maximum atomic E-state index is 12.2. The molecule has 2 heterocycles. The fraction of sp³-hybridized carbons (Fsp3) is 0.867. The van der Waals surface area contributed by atoms with Crippen molar-refractivity contribution in [1.29, 1.82) is 0 Å². The molecular weight excluding hydrogens is 254 g/mol. The molecule has 2 aliphatic heterocycles. The maximum Gasteiger partial charge on any atom is 0.225 e. The van der Waals surface area contributed by atoms with Crippen LogP contribution in [-0.4, -0.2) is 60.9 Å². The zero-order valence-corrected chi connectivity index (χ0v) is 12.7. The third-order valence-corrected chi connectivity index (χ3v) is 4.35. The molecule has 0 aromatic rings. The van der Waals surface area contributed by atoms with Gasteiger partial charge in [0, 0.05) is 51.6 Å². The van der Waals surface area contributed by atoms with Gasteiger partial charge in [0.1, 0.15) is 0 Å². The van der Waals surface area contributed by atoms with Crippen molar-refractivity contribution < 1.29 is 9.59 Å². The predicted octanol–water partition coefficient (Wildman–Crippen LogP) is 0.703. The van der Waals surface area contributed by atoms with E-state index in [1.165, 1.54) is 0 Å². The van der Waals surface area contributed by atoms with Gasteiger partial charge in [-0.2, -0.15) is 0 Å². The van der Waals surface area contributed by atoms with Crippen LogP contribution in [0.2, 0.25) is 0 Å². The van der Waals surface area contributed by atoms with Crippen LogP contribution in [0.25, 0.3) is 0 Å². The summed E-state index contributed by atoms with van der Waals surface area (Å²) in [5.74, 6) is 1.07. The van der Waals surface area contributed by atoms with Gasteiger partial charge in [-0.15, -0.1) is 0 Å². The first kappa shape index (κ1) is 15.3. The smallest absolute Gasteiger partial charge is 0.225 e. The summed E-state index contributed by atoms with van der Waals surface area (Å²) < 4.78 is 0. The number of hydrogen-bond acceptors (Lipinski definition) is 3. The molecule has 2 amide bonds. The second-order valence-electron chi connectivity index (χ2n) is 6.26. The summed E-state index contributed by atoms with van der Waals surface area (Å²) in [5, 5.41) is 3.26. The number of nitrogens with one attached hydrogen (secondary N) is 1. The van der Waals surface area contributed by atoms with Gasteiger partial charge >= 0.3 is 0 Å². The second-order valence-corrected chi connectivity index (χ2v) is 6.26. The minimum absolute atomic E-state index is 0.0778. The number of carbonyl (C=O) groups excluding carboxylic acids is 2. The Morgan fingerprint density at radius 3 is 2.20 bits per heavy atom. The van der Waals surface area contributed by atoms with Crippen molar-refractivity contribution >= 4 is 11.8 Å². The molecule has 0 aromatic heterocycles. The molecule has 0 aromatic carbocycles. The highest BCUT2D eigenvalue weighted by Crippen LogP contribution is 2.22. The van der Waals surface area contributed by atoms with Gasteiger partial charge in [-0.1, -0.05) is 13.8 Å². The maximum absolute atomic E-state index is 12.2. The topological polar surface area (TPSA) is 52.7 Å². The SMILES string of the molecule is CC(C)C(=O)N1CCC(CC(=O)N2CCNCC2)CC1. The van der Waals surface area contributed by atoms with Crippen molar-refractivity contribution in [3.05, 3.63) is 0 Å². The van der Waals surface area contributed by atoms with Gasteiger partial charge in [0.05, 0.1) is 0 Å². The van der Waals surface area contributed by atoms with Crippen molar-refractivity contribution in [2.45, 2.75) is 33.1 Å². The lowest BCUT2D eigenvalue weighted by molar-refractivity contribution is -0.136. The minimum Gasteiger partial charge on any atom is -0.342 e.